The number of carbonyl (C=O) groups is 2. The zero-order chi connectivity index (χ0) is 28.1. The van der Waals surface area contributed by atoms with Gasteiger partial charge in [0, 0.05) is 36.1 Å². The third-order valence-corrected chi connectivity index (χ3v) is 6.95. The molecule has 1 fully saturated rings. The van der Waals surface area contributed by atoms with Gasteiger partial charge in [0.05, 0.1) is 17.2 Å². The lowest BCUT2D eigenvalue weighted by molar-refractivity contribution is -0.117. The molecule has 3 N–H and O–H groups in total. The first-order chi connectivity index (χ1) is 19.4. The van der Waals surface area contributed by atoms with Gasteiger partial charge in [-0.1, -0.05) is 48.5 Å². The third-order valence-electron chi connectivity index (χ3n) is 6.95. The Morgan fingerprint density at radius 1 is 1.02 bits per heavy atom. The standard InChI is InChI=1S/C32H34N6O2/c1-21(32(40)35-31-29(27-10-4-5-18-33-27)30(36-37-31)23-12-13-23)24-8-6-9-25(20-24)22-14-16-26(17-15-22)34-28(39)11-7-19-38(2)3/h4-11,14-18,20-21,23H,12-13,19H2,1-3H3,(H,34,39)(H2,35,36,37,40)/b11-7+. The lowest BCUT2D eigenvalue weighted by Crippen LogP contribution is -2.19. The van der Waals surface area contributed by atoms with Gasteiger partial charge in [0.1, 0.15) is 0 Å². The van der Waals surface area contributed by atoms with E-state index in [1.807, 2.05) is 98.7 Å². The van der Waals surface area contributed by atoms with Crippen molar-refractivity contribution in [3.63, 3.8) is 0 Å². The molecular formula is C32H34N6O2. The summed E-state index contributed by atoms with van der Waals surface area (Å²) < 4.78 is 0. The molecule has 1 atom stereocenters. The van der Waals surface area contributed by atoms with Gasteiger partial charge in [-0.3, -0.25) is 19.7 Å². The van der Waals surface area contributed by atoms with Crippen LogP contribution in [0.15, 0.2) is 85.1 Å². The number of H-pyrrole nitrogens is 1. The predicted octanol–water partition coefficient (Wildman–Crippen LogP) is 5.81. The number of nitrogens with zero attached hydrogens (tertiary/aromatic N) is 3. The van der Waals surface area contributed by atoms with Gasteiger partial charge >= 0.3 is 0 Å². The SMILES string of the molecule is CC(C(=O)Nc1n[nH]c(C2CC2)c1-c1ccccn1)c1cccc(-c2ccc(NC(=O)/C=C/CN(C)C)cc2)c1. The van der Waals surface area contributed by atoms with Crippen molar-refractivity contribution in [2.45, 2.75) is 31.6 Å². The van der Waals surface area contributed by atoms with E-state index in [-0.39, 0.29) is 11.8 Å². The van der Waals surface area contributed by atoms with E-state index in [0.29, 0.717) is 18.3 Å². The molecule has 1 aliphatic rings. The van der Waals surface area contributed by atoms with Crippen LogP contribution in [0.2, 0.25) is 0 Å². The molecule has 8 heteroatoms. The highest BCUT2D eigenvalue weighted by atomic mass is 16.2. The smallest absolute Gasteiger partial charge is 0.248 e. The number of likely N-dealkylation sites (N-methyl/N-ethyl adjacent to an activating group) is 1. The minimum Gasteiger partial charge on any atom is -0.323 e. The Hall–Kier alpha value is -4.56. The minimum absolute atomic E-state index is 0.136. The normalized spacial score (nSPS) is 13.9. The molecule has 2 amide bonds. The number of amides is 2. The summed E-state index contributed by atoms with van der Waals surface area (Å²) in [6, 6.07) is 21.4. The Balaban J connectivity index is 1.28. The summed E-state index contributed by atoms with van der Waals surface area (Å²) in [5.74, 6) is 0.254. The van der Waals surface area contributed by atoms with Gasteiger partial charge in [-0.15, -0.1) is 0 Å². The molecule has 1 aliphatic carbocycles. The fraction of sp³-hybridized carbons (Fsp3) is 0.250. The Bertz CT molecular complexity index is 1500. The van der Waals surface area contributed by atoms with E-state index in [0.717, 1.165) is 52.2 Å². The molecule has 0 saturated heterocycles. The molecule has 0 radical (unpaired) electrons. The van der Waals surface area contributed by atoms with E-state index in [1.54, 1.807) is 12.3 Å². The molecule has 40 heavy (non-hydrogen) atoms. The summed E-state index contributed by atoms with van der Waals surface area (Å²) in [5, 5.41) is 13.5. The van der Waals surface area contributed by atoms with Crippen LogP contribution in [-0.2, 0) is 9.59 Å². The van der Waals surface area contributed by atoms with Crippen molar-refractivity contribution in [1.29, 1.82) is 0 Å². The van der Waals surface area contributed by atoms with Gasteiger partial charge in [-0.25, -0.2) is 0 Å². The summed E-state index contributed by atoms with van der Waals surface area (Å²) in [5.41, 5.74) is 6.31. The highest BCUT2D eigenvalue weighted by molar-refractivity contribution is 5.99. The average molecular weight is 535 g/mol. The van der Waals surface area contributed by atoms with Crippen molar-refractivity contribution in [2.75, 3.05) is 31.3 Å². The second-order valence-electron chi connectivity index (χ2n) is 10.4. The number of anilines is 2. The fourth-order valence-corrected chi connectivity index (χ4v) is 4.55. The van der Waals surface area contributed by atoms with Crippen LogP contribution in [0.4, 0.5) is 11.5 Å². The fourth-order valence-electron chi connectivity index (χ4n) is 4.55. The number of carbonyl (C=O) groups excluding carboxylic acids is 2. The van der Waals surface area contributed by atoms with Crippen LogP contribution >= 0.6 is 0 Å². The molecular weight excluding hydrogens is 500 g/mol. The zero-order valence-electron chi connectivity index (χ0n) is 23.0. The molecule has 0 bridgehead atoms. The summed E-state index contributed by atoms with van der Waals surface area (Å²) in [4.78, 5) is 32.0. The van der Waals surface area contributed by atoms with Crippen LogP contribution in [0.5, 0.6) is 0 Å². The van der Waals surface area contributed by atoms with E-state index in [4.69, 9.17) is 0 Å². The number of nitrogens with one attached hydrogen (secondary N) is 3. The van der Waals surface area contributed by atoms with Crippen LogP contribution in [0.1, 0.15) is 42.9 Å². The number of rotatable bonds is 10. The zero-order valence-corrected chi connectivity index (χ0v) is 23.0. The summed E-state index contributed by atoms with van der Waals surface area (Å²) in [6.07, 6.45) is 7.34. The van der Waals surface area contributed by atoms with Crippen molar-refractivity contribution < 1.29 is 9.59 Å². The van der Waals surface area contributed by atoms with Gasteiger partial charge in [-0.2, -0.15) is 5.10 Å². The molecule has 2 heterocycles. The molecule has 2 aromatic heterocycles. The monoisotopic (exact) mass is 534 g/mol. The second kappa shape index (κ2) is 12.1. The van der Waals surface area contributed by atoms with Crippen LogP contribution in [0.3, 0.4) is 0 Å². The van der Waals surface area contributed by atoms with Crippen molar-refractivity contribution in [3.05, 3.63) is 96.3 Å². The second-order valence-corrected chi connectivity index (χ2v) is 10.4. The Morgan fingerprint density at radius 2 is 1.82 bits per heavy atom. The third kappa shape index (κ3) is 6.52. The number of aromatic nitrogens is 3. The maximum absolute atomic E-state index is 13.4. The van der Waals surface area contributed by atoms with Crippen LogP contribution in [0, 0.1) is 0 Å². The molecule has 0 spiro atoms. The summed E-state index contributed by atoms with van der Waals surface area (Å²) >= 11 is 0. The van der Waals surface area contributed by atoms with Crippen LogP contribution in [0.25, 0.3) is 22.4 Å². The molecule has 1 saturated carbocycles. The molecule has 2 aromatic carbocycles. The van der Waals surface area contributed by atoms with Gasteiger partial charge in [0.2, 0.25) is 11.8 Å². The van der Waals surface area contributed by atoms with Gasteiger partial charge in [0.25, 0.3) is 0 Å². The van der Waals surface area contributed by atoms with Crippen molar-refractivity contribution in [1.82, 2.24) is 20.1 Å². The Morgan fingerprint density at radius 3 is 2.52 bits per heavy atom. The minimum atomic E-state index is -0.398. The topological polar surface area (TPSA) is 103 Å². The Kier molecular flexibility index (Phi) is 8.17. The number of aromatic amines is 1. The van der Waals surface area contributed by atoms with E-state index < -0.39 is 5.92 Å². The van der Waals surface area contributed by atoms with E-state index >= 15 is 0 Å². The first kappa shape index (κ1) is 27.0. The summed E-state index contributed by atoms with van der Waals surface area (Å²) in [7, 11) is 3.90. The maximum Gasteiger partial charge on any atom is 0.248 e. The number of benzene rings is 2. The maximum atomic E-state index is 13.4. The van der Waals surface area contributed by atoms with Crippen LogP contribution in [-0.4, -0.2) is 52.5 Å². The van der Waals surface area contributed by atoms with Crippen molar-refractivity contribution >= 4 is 23.3 Å². The van der Waals surface area contributed by atoms with E-state index in [9.17, 15) is 9.59 Å². The lowest BCUT2D eigenvalue weighted by atomic mass is 9.95. The van der Waals surface area contributed by atoms with Gasteiger partial charge in [0.15, 0.2) is 5.82 Å². The molecule has 0 aliphatic heterocycles. The quantitative estimate of drug-likeness (QED) is 0.223. The number of hydrogen-bond donors (Lipinski definition) is 3. The predicted molar refractivity (Wildman–Crippen MR) is 159 cm³/mol. The largest absolute Gasteiger partial charge is 0.323 e. The molecule has 5 rings (SSSR count). The highest BCUT2D eigenvalue weighted by Crippen LogP contribution is 2.45. The van der Waals surface area contributed by atoms with E-state index in [2.05, 4.69) is 25.8 Å². The van der Waals surface area contributed by atoms with Crippen LogP contribution < -0.4 is 10.6 Å². The lowest BCUT2D eigenvalue weighted by Gasteiger charge is -2.14. The van der Waals surface area contributed by atoms with Gasteiger partial charge < -0.3 is 15.5 Å². The number of pyridine rings is 1. The van der Waals surface area contributed by atoms with Gasteiger partial charge in [-0.05, 0) is 74.8 Å². The molecule has 8 nitrogen and oxygen atoms in total. The van der Waals surface area contributed by atoms with E-state index in [1.165, 1.54) is 0 Å². The molecule has 4 aromatic rings. The van der Waals surface area contributed by atoms with Crippen molar-refractivity contribution in [3.8, 4) is 22.4 Å². The summed E-state index contributed by atoms with van der Waals surface area (Å²) in [6.45, 7) is 2.60. The first-order valence-corrected chi connectivity index (χ1v) is 13.5. The first-order valence-electron chi connectivity index (χ1n) is 13.5. The average Bonchev–Trinajstić information content (AvgIpc) is 3.73. The molecule has 204 valence electrons. The Labute approximate surface area is 234 Å². The molecule has 1 unspecified atom stereocenters. The highest BCUT2D eigenvalue weighted by Gasteiger charge is 2.31. The number of hydrogen-bond acceptors (Lipinski definition) is 5. The van der Waals surface area contributed by atoms with Crippen molar-refractivity contribution in [2.24, 2.45) is 0 Å².